The van der Waals surface area contributed by atoms with Gasteiger partial charge in [0.05, 0.1) is 16.9 Å². The van der Waals surface area contributed by atoms with E-state index in [2.05, 4.69) is 0 Å². The molecule has 7 heteroatoms. The molecule has 0 bridgehead atoms. The van der Waals surface area contributed by atoms with Crippen molar-refractivity contribution in [2.75, 3.05) is 10.6 Å². The monoisotopic (exact) mass is 314 g/mol. The van der Waals surface area contributed by atoms with E-state index in [4.69, 9.17) is 5.73 Å². The molecule has 0 atom stereocenters. The molecule has 22 heavy (non-hydrogen) atoms. The molecule has 0 spiro atoms. The Kier molecular flexibility index (Phi) is 3.18. The third-order valence-corrected chi connectivity index (χ3v) is 4.35. The molecule has 1 aromatic carbocycles. The van der Waals surface area contributed by atoms with Crippen molar-refractivity contribution in [1.82, 2.24) is 0 Å². The van der Waals surface area contributed by atoms with Crippen LogP contribution in [0.3, 0.4) is 0 Å². The highest BCUT2D eigenvalue weighted by atomic mass is 19.4. The van der Waals surface area contributed by atoms with Crippen LogP contribution in [0.4, 0.5) is 24.5 Å². The molecule has 2 aliphatic rings. The highest BCUT2D eigenvalue weighted by Crippen LogP contribution is 2.47. The summed E-state index contributed by atoms with van der Waals surface area (Å²) in [7, 11) is 0. The second kappa shape index (κ2) is 4.62. The number of fused-ring (bicyclic) bond motifs is 1. The quantitative estimate of drug-likeness (QED) is 0.783. The number of nitrogens with zero attached hydrogens (tertiary/aromatic N) is 1. The zero-order valence-electron chi connectivity index (χ0n) is 12.1. The number of aryl methyl sites for hydroxylation is 1. The van der Waals surface area contributed by atoms with Gasteiger partial charge in [0, 0.05) is 18.2 Å². The van der Waals surface area contributed by atoms with E-state index in [1.807, 2.05) is 0 Å². The lowest BCUT2D eigenvalue weighted by Crippen LogP contribution is -2.57. The second-order valence-corrected chi connectivity index (χ2v) is 6.40. The summed E-state index contributed by atoms with van der Waals surface area (Å²) in [6.07, 6.45) is -3.62. The van der Waals surface area contributed by atoms with Crippen LogP contribution < -0.4 is 10.6 Å². The summed E-state index contributed by atoms with van der Waals surface area (Å²) in [5.74, 6) is -0.330. The number of nitrogen functional groups attached to an aromatic ring is 1. The maximum absolute atomic E-state index is 13.4. The minimum atomic E-state index is -4.58. The van der Waals surface area contributed by atoms with Crippen LogP contribution in [0.2, 0.25) is 0 Å². The van der Waals surface area contributed by atoms with Crippen LogP contribution in [0.25, 0.3) is 0 Å². The molecule has 3 rings (SSSR count). The standard InChI is InChI=1S/C15H17F3N2O2/c1-14(22)6-10(7-14)20-12(21)3-2-8-4-9(19)5-11(13(8)20)15(16,17)18/h4-5,10,22H,2-3,6-7,19H2,1H3/t10-,14+. The first-order valence-corrected chi connectivity index (χ1v) is 7.12. The highest BCUT2D eigenvalue weighted by Gasteiger charge is 2.48. The zero-order chi connectivity index (χ0) is 16.3. The van der Waals surface area contributed by atoms with E-state index in [1.165, 1.54) is 11.0 Å². The predicted octanol–water partition coefficient (Wildman–Crippen LogP) is 2.48. The molecule has 4 nitrogen and oxygen atoms in total. The minimum Gasteiger partial charge on any atom is -0.399 e. The van der Waals surface area contributed by atoms with Crippen molar-refractivity contribution >= 4 is 17.3 Å². The van der Waals surface area contributed by atoms with Crippen molar-refractivity contribution in [2.24, 2.45) is 0 Å². The molecule has 1 aromatic rings. The van der Waals surface area contributed by atoms with Crippen LogP contribution >= 0.6 is 0 Å². The molecule has 0 aromatic heterocycles. The summed E-state index contributed by atoms with van der Waals surface area (Å²) in [6.45, 7) is 1.62. The average molecular weight is 314 g/mol. The number of hydrogen-bond acceptors (Lipinski definition) is 3. The summed E-state index contributed by atoms with van der Waals surface area (Å²) in [4.78, 5) is 13.4. The number of halogens is 3. The molecule has 1 heterocycles. The Hall–Kier alpha value is -1.76. The van der Waals surface area contributed by atoms with E-state index >= 15 is 0 Å². The van der Waals surface area contributed by atoms with Crippen LogP contribution in [-0.4, -0.2) is 22.7 Å². The molecular formula is C15H17F3N2O2. The SMILES string of the molecule is C[C@]1(O)C[C@@H](N2C(=O)CCc3cc(N)cc(C(F)(F)F)c32)C1. The van der Waals surface area contributed by atoms with Crippen molar-refractivity contribution in [2.45, 2.75) is 50.4 Å². The van der Waals surface area contributed by atoms with Gasteiger partial charge in [-0.05, 0) is 43.9 Å². The van der Waals surface area contributed by atoms with Gasteiger partial charge in [0.15, 0.2) is 0 Å². The molecule has 1 aliphatic heterocycles. The number of rotatable bonds is 1. The Labute approximate surface area is 125 Å². The summed E-state index contributed by atoms with van der Waals surface area (Å²) in [6, 6.07) is 1.98. The molecule has 1 saturated carbocycles. The zero-order valence-corrected chi connectivity index (χ0v) is 12.1. The molecule has 1 aliphatic carbocycles. The number of benzene rings is 1. The molecule has 1 amide bonds. The first-order chi connectivity index (χ1) is 10.1. The fourth-order valence-electron chi connectivity index (χ4n) is 3.42. The van der Waals surface area contributed by atoms with Crippen LogP contribution in [0.5, 0.6) is 0 Å². The number of amides is 1. The average Bonchev–Trinajstić information content (AvgIpc) is 2.34. The lowest BCUT2D eigenvalue weighted by atomic mass is 9.75. The van der Waals surface area contributed by atoms with E-state index in [9.17, 15) is 23.1 Å². The highest BCUT2D eigenvalue weighted by molar-refractivity contribution is 5.98. The summed E-state index contributed by atoms with van der Waals surface area (Å²) >= 11 is 0. The molecular weight excluding hydrogens is 297 g/mol. The molecule has 3 N–H and O–H groups in total. The van der Waals surface area contributed by atoms with E-state index in [-0.39, 0.29) is 43.0 Å². The van der Waals surface area contributed by atoms with Gasteiger partial charge < -0.3 is 15.7 Å². The van der Waals surface area contributed by atoms with E-state index in [0.29, 0.717) is 5.56 Å². The van der Waals surface area contributed by atoms with Crippen molar-refractivity contribution < 1.29 is 23.1 Å². The number of anilines is 2. The Morgan fingerprint density at radius 3 is 2.50 bits per heavy atom. The fraction of sp³-hybridized carbons (Fsp3) is 0.533. The maximum Gasteiger partial charge on any atom is 0.418 e. The topological polar surface area (TPSA) is 66.6 Å². The van der Waals surface area contributed by atoms with Crippen LogP contribution in [0, 0.1) is 0 Å². The van der Waals surface area contributed by atoms with Crippen molar-refractivity contribution in [3.8, 4) is 0 Å². The van der Waals surface area contributed by atoms with Crippen molar-refractivity contribution in [1.29, 1.82) is 0 Å². The van der Waals surface area contributed by atoms with Gasteiger partial charge in [0.1, 0.15) is 0 Å². The summed E-state index contributed by atoms with van der Waals surface area (Å²) in [5, 5.41) is 9.84. The van der Waals surface area contributed by atoms with E-state index in [0.717, 1.165) is 6.07 Å². The first-order valence-electron chi connectivity index (χ1n) is 7.12. The Morgan fingerprint density at radius 1 is 1.32 bits per heavy atom. The number of carbonyl (C=O) groups is 1. The van der Waals surface area contributed by atoms with Gasteiger partial charge in [-0.25, -0.2) is 0 Å². The molecule has 0 saturated heterocycles. The number of nitrogens with two attached hydrogens (primary N) is 1. The van der Waals surface area contributed by atoms with E-state index in [1.54, 1.807) is 6.92 Å². The molecule has 0 unspecified atom stereocenters. The van der Waals surface area contributed by atoms with Gasteiger partial charge in [0.25, 0.3) is 0 Å². The van der Waals surface area contributed by atoms with Gasteiger partial charge in [-0.3, -0.25) is 4.79 Å². The van der Waals surface area contributed by atoms with Gasteiger partial charge in [-0.1, -0.05) is 0 Å². The second-order valence-electron chi connectivity index (χ2n) is 6.40. The number of alkyl halides is 3. The first kappa shape index (κ1) is 15.1. The van der Waals surface area contributed by atoms with Crippen LogP contribution in [0.1, 0.15) is 37.3 Å². The predicted molar refractivity (Wildman–Crippen MR) is 75.3 cm³/mol. The molecule has 0 radical (unpaired) electrons. The smallest absolute Gasteiger partial charge is 0.399 e. The molecule has 120 valence electrons. The van der Waals surface area contributed by atoms with Gasteiger partial charge >= 0.3 is 6.18 Å². The van der Waals surface area contributed by atoms with Crippen LogP contribution in [0.15, 0.2) is 12.1 Å². The Bertz CT molecular complexity index is 632. The number of aliphatic hydroxyl groups is 1. The van der Waals surface area contributed by atoms with Gasteiger partial charge in [-0.15, -0.1) is 0 Å². The normalized spacial score (nSPS) is 28.3. The van der Waals surface area contributed by atoms with Gasteiger partial charge in [-0.2, -0.15) is 13.2 Å². The third kappa shape index (κ3) is 2.43. The Morgan fingerprint density at radius 2 is 1.95 bits per heavy atom. The van der Waals surface area contributed by atoms with Crippen molar-refractivity contribution in [3.63, 3.8) is 0 Å². The number of hydrogen-bond donors (Lipinski definition) is 2. The fourth-order valence-corrected chi connectivity index (χ4v) is 3.42. The summed E-state index contributed by atoms with van der Waals surface area (Å²) in [5.41, 5.74) is 4.19. The van der Waals surface area contributed by atoms with Gasteiger partial charge in [0.2, 0.25) is 5.91 Å². The largest absolute Gasteiger partial charge is 0.418 e. The maximum atomic E-state index is 13.4. The van der Waals surface area contributed by atoms with E-state index < -0.39 is 23.4 Å². The molecule has 1 fully saturated rings. The Balaban J connectivity index is 2.11. The number of carbonyl (C=O) groups excluding carboxylic acids is 1. The van der Waals surface area contributed by atoms with Crippen molar-refractivity contribution in [3.05, 3.63) is 23.3 Å². The summed E-state index contributed by atoms with van der Waals surface area (Å²) < 4.78 is 40.1. The minimum absolute atomic E-state index is 0.0426. The lowest BCUT2D eigenvalue weighted by Gasteiger charge is -2.48. The third-order valence-electron chi connectivity index (χ3n) is 4.35. The lowest BCUT2D eigenvalue weighted by molar-refractivity contribution is -0.137. The van der Waals surface area contributed by atoms with Crippen LogP contribution in [-0.2, 0) is 17.4 Å².